The Labute approximate surface area is 143 Å². The van der Waals surface area contributed by atoms with Gasteiger partial charge in [-0.1, -0.05) is 0 Å². The first-order valence-electron chi connectivity index (χ1n) is 8.71. The molecule has 1 saturated carbocycles. The Hall–Kier alpha value is -1.74. The number of hydrogen-bond donors (Lipinski definition) is 1. The summed E-state index contributed by atoms with van der Waals surface area (Å²) in [5.41, 5.74) is 1.37. The van der Waals surface area contributed by atoms with Gasteiger partial charge >= 0.3 is 0 Å². The minimum atomic E-state index is -2.88. The van der Waals surface area contributed by atoms with Crippen molar-refractivity contribution in [1.29, 1.82) is 5.26 Å². The molecule has 1 atom stereocenters. The quantitative estimate of drug-likeness (QED) is 0.884. The molecular formula is C18H24N2O3S. The zero-order valence-corrected chi connectivity index (χ0v) is 14.6. The number of anilines is 1. The average Bonchev–Trinajstić information content (AvgIpc) is 3.06. The van der Waals surface area contributed by atoms with Crippen LogP contribution in [0.2, 0.25) is 0 Å². The van der Waals surface area contributed by atoms with E-state index >= 15 is 0 Å². The number of hydrogen-bond acceptors (Lipinski definition) is 5. The largest absolute Gasteiger partial charge is 0.489 e. The van der Waals surface area contributed by atoms with E-state index in [1.165, 1.54) is 12.8 Å². The first-order valence-corrected chi connectivity index (χ1v) is 10.5. The van der Waals surface area contributed by atoms with Crippen LogP contribution in [0.1, 0.15) is 44.1 Å². The molecule has 0 amide bonds. The summed E-state index contributed by atoms with van der Waals surface area (Å²) in [6.07, 6.45) is 6.39. The van der Waals surface area contributed by atoms with Crippen LogP contribution in [0.4, 0.5) is 5.69 Å². The van der Waals surface area contributed by atoms with Gasteiger partial charge in [-0.2, -0.15) is 5.26 Å². The van der Waals surface area contributed by atoms with Gasteiger partial charge in [0.2, 0.25) is 0 Å². The summed E-state index contributed by atoms with van der Waals surface area (Å²) in [5, 5.41) is 12.6. The highest BCUT2D eigenvalue weighted by atomic mass is 32.2. The average molecular weight is 348 g/mol. The number of nitriles is 1. The van der Waals surface area contributed by atoms with E-state index in [0.29, 0.717) is 23.6 Å². The second kappa shape index (κ2) is 7.43. The fourth-order valence-corrected chi connectivity index (χ4v) is 5.33. The van der Waals surface area contributed by atoms with Gasteiger partial charge in [-0.25, -0.2) is 8.42 Å². The Morgan fingerprint density at radius 3 is 2.71 bits per heavy atom. The lowest BCUT2D eigenvalue weighted by molar-refractivity contribution is 0.209. The van der Waals surface area contributed by atoms with Crippen LogP contribution in [0.25, 0.3) is 0 Å². The third kappa shape index (κ3) is 4.41. The van der Waals surface area contributed by atoms with E-state index in [1.807, 2.05) is 12.1 Å². The Morgan fingerprint density at radius 2 is 2.00 bits per heavy atom. The normalized spacial score (nSPS) is 23.5. The molecule has 1 unspecified atom stereocenters. The van der Waals surface area contributed by atoms with Crippen molar-refractivity contribution in [3.05, 3.63) is 23.8 Å². The van der Waals surface area contributed by atoms with Crippen LogP contribution in [0.3, 0.4) is 0 Å². The minimum Gasteiger partial charge on any atom is -0.489 e. The minimum absolute atomic E-state index is 0.142. The first-order chi connectivity index (χ1) is 11.6. The Morgan fingerprint density at radius 1 is 1.21 bits per heavy atom. The molecule has 6 heteroatoms. The van der Waals surface area contributed by atoms with Crippen molar-refractivity contribution < 1.29 is 13.2 Å². The summed E-state index contributed by atoms with van der Waals surface area (Å²) >= 11 is 0. The van der Waals surface area contributed by atoms with Crippen LogP contribution in [0.5, 0.6) is 5.75 Å². The van der Waals surface area contributed by atoms with E-state index in [4.69, 9.17) is 4.74 Å². The predicted molar refractivity (Wildman–Crippen MR) is 93.9 cm³/mol. The predicted octanol–water partition coefficient (Wildman–Crippen LogP) is 3.12. The molecule has 1 aliphatic carbocycles. The van der Waals surface area contributed by atoms with Gasteiger partial charge in [0.25, 0.3) is 0 Å². The van der Waals surface area contributed by atoms with Gasteiger partial charge in [-0.3, -0.25) is 0 Å². The van der Waals surface area contributed by atoms with Crippen molar-refractivity contribution in [3.8, 4) is 11.8 Å². The summed E-state index contributed by atoms with van der Waals surface area (Å²) in [6, 6.07) is 7.74. The fraction of sp³-hybridized carbons (Fsp3) is 0.611. The van der Waals surface area contributed by atoms with Crippen molar-refractivity contribution in [1.82, 2.24) is 0 Å². The van der Waals surface area contributed by atoms with Gasteiger partial charge in [0.1, 0.15) is 11.8 Å². The van der Waals surface area contributed by atoms with Gasteiger partial charge in [0.15, 0.2) is 9.84 Å². The maximum Gasteiger partial charge on any atom is 0.150 e. The SMILES string of the molecule is N#Cc1cc(NCC2CCCS(=O)(=O)C2)ccc1OC1CCCC1. The van der Waals surface area contributed by atoms with Gasteiger partial charge in [0.05, 0.1) is 23.2 Å². The molecule has 0 bridgehead atoms. The molecule has 3 rings (SSSR count). The fourth-order valence-electron chi connectivity index (χ4n) is 3.56. The maximum absolute atomic E-state index is 11.7. The van der Waals surface area contributed by atoms with Crippen molar-refractivity contribution in [3.63, 3.8) is 0 Å². The number of sulfone groups is 1. The topological polar surface area (TPSA) is 79.2 Å². The first kappa shape index (κ1) is 17.1. The molecule has 1 aromatic carbocycles. The van der Waals surface area contributed by atoms with Crippen molar-refractivity contribution >= 4 is 15.5 Å². The summed E-state index contributed by atoms with van der Waals surface area (Å²) in [6.45, 7) is 0.618. The highest BCUT2D eigenvalue weighted by molar-refractivity contribution is 7.91. The highest BCUT2D eigenvalue weighted by Crippen LogP contribution is 2.28. The second-order valence-electron chi connectivity index (χ2n) is 6.85. The molecule has 24 heavy (non-hydrogen) atoms. The second-order valence-corrected chi connectivity index (χ2v) is 9.08. The third-order valence-electron chi connectivity index (χ3n) is 4.85. The van der Waals surface area contributed by atoms with Crippen LogP contribution >= 0.6 is 0 Å². The van der Waals surface area contributed by atoms with Crippen molar-refractivity contribution in [2.75, 3.05) is 23.4 Å². The van der Waals surface area contributed by atoms with Crippen LogP contribution in [0, 0.1) is 17.2 Å². The summed E-state index contributed by atoms with van der Waals surface area (Å²) in [7, 11) is -2.88. The van der Waals surface area contributed by atoms with E-state index in [0.717, 1.165) is 31.4 Å². The molecule has 2 aliphatic rings. The molecule has 2 fully saturated rings. The molecule has 1 aliphatic heterocycles. The van der Waals surface area contributed by atoms with Crippen molar-refractivity contribution in [2.45, 2.75) is 44.6 Å². The van der Waals surface area contributed by atoms with Gasteiger partial charge in [-0.05, 0) is 62.6 Å². The third-order valence-corrected chi connectivity index (χ3v) is 6.74. The zero-order chi connectivity index (χ0) is 17.0. The number of ether oxygens (including phenoxy) is 1. The molecule has 5 nitrogen and oxygen atoms in total. The molecule has 0 radical (unpaired) electrons. The molecule has 130 valence electrons. The summed E-state index contributed by atoms with van der Waals surface area (Å²) in [5.74, 6) is 1.36. The number of nitrogens with one attached hydrogen (secondary N) is 1. The highest BCUT2D eigenvalue weighted by Gasteiger charge is 2.24. The van der Waals surface area contributed by atoms with E-state index in [-0.39, 0.29) is 17.8 Å². The molecule has 1 N–H and O–H groups in total. The van der Waals surface area contributed by atoms with E-state index < -0.39 is 9.84 Å². The monoisotopic (exact) mass is 348 g/mol. The summed E-state index contributed by atoms with van der Waals surface area (Å²) in [4.78, 5) is 0. The lowest BCUT2D eigenvalue weighted by Crippen LogP contribution is -2.29. The molecule has 0 aromatic heterocycles. The van der Waals surface area contributed by atoms with Crippen LogP contribution < -0.4 is 10.1 Å². The van der Waals surface area contributed by atoms with Crippen LogP contribution in [0.15, 0.2) is 18.2 Å². The standard InChI is InChI=1S/C18H24N2O3S/c19-11-15-10-16(7-8-18(15)23-17-5-1-2-6-17)20-12-14-4-3-9-24(21,22)13-14/h7-8,10,14,17,20H,1-6,9,12-13H2. The Bertz CT molecular complexity index is 718. The van der Waals surface area contributed by atoms with Crippen LogP contribution in [-0.2, 0) is 9.84 Å². The van der Waals surface area contributed by atoms with Gasteiger partial charge < -0.3 is 10.1 Å². The van der Waals surface area contributed by atoms with E-state index in [1.54, 1.807) is 6.07 Å². The molecule has 1 aromatic rings. The van der Waals surface area contributed by atoms with Crippen molar-refractivity contribution in [2.24, 2.45) is 5.92 Å². The van der Waals surface area contributed by atoms with Gasteiger partial charge in [-0.15, -0.1) is 0 Å². The number of rotatable bonds is 5. The number of benzene rings is 1. The lowest BCUT2D eigenvalue weighted by atomic mass is 10.1. The maximum atomic E-state index is 11.7. The molecule has 1 saturated heterocycles. The summed E-state index contributed by atoms with van der Waals surface area (Å²) < 4.78 is 29.3. The Kier molecular flexibility index (Phi) is 5.30. The van der Waals surface area contributed by atoms with E-state index in [2.05, 4.69) is 11.4 Å². The molecular weight excluding hydrogens is 324 g/mol. The van der Waals surface area contributed by atoms with E-state index in [9.17, 15) is 13.7 Å². The molecule has 0 spiro atoms. The van der Waals surface area contributed by atoms with Gasteiger partial charge in [0, 0.05) is 12.2 Å². The number of nitrogens with zero attached hydrogens (tertiary/aromatic N) is 1. The Balaban J connectivity index is 1.61. The van der Waals surface area contributed by atoms with Crippen LogP contribution in [-0.4, -0.2) is 32.6 Å². The smallest absolute Gasteiger partial charge is 0.150 e. The lowest BCUT2D eigenvalue weighted by Gasteiger charge is -2.22. The molecule has 1 heterocycles. The zero-order valence-electron chi connectivity index (χ0n) is 13.8.